The molecule has 1 aliphatic rings. The van der Waals surface area contributed by atoms with Crippen LogP contribution in [0.2, 0.25) is 0 Å². The lowest BCUT2D eigenvalue weighted by molar-refractivity contribution is -0.137. The first-order valence-electron chi connectivity index (χ1n) is 10.5. The summed E-state index contributed by atoms with van der Waals surface area (Å²) in [7, 11) is 0. The Morgan fingerprint density at radius 1 is 1.06 bits per heavy atom. The van der Waals surface area contributed by atoms with E-state index in [1.165, 1.54) is 12.8 Å². The van der Waals surface area contributed by atoms with Gasteiger partial charge in [0.05, 0.1) is 17.1 Å². The molecule has 0 saturated heterocycles. The summed E-state index contributed by atoms with van der Waals surface area (Å²) in [6.45, 7) is 3.58. The highest BCUT2D eigenvalue weighted by atomic mass is 19.4. The third-order valence-corrected chi connectivity index (χ3v) is 5.69. The number of rotatable bonds is 5. The Kier molecular flexibility index (Phi) is 5.64. The van der Waals surface area contributed by atoms with Gasteiger partial charge < -0.3 is 16.4 Å². The van der Waals surface area contributed by atoms with Crippen LogP contribution in [0.15, 0.2) is 36.4 Å². The molecule has 1 atom stereocenters. The van der Waals surface area contributed by atoms with E-state index in [2.05, 4.69) is 20.6 Å². The number of halogens is 3. The number of fused-ring (bicyclic) bond motifs is 1. The van der Waals surface area contributed by atoms with E-state index in [0.717, 1.165) is 41.6 Å². The Labute approximate surface area is 179 Å². The van der Waals surface area contributed by atoms with Gasteiger partial charge in [-0.3, -0.25) is 0 Å². The number of hydrogen-bond donors (Lipinski definition) is 3. The van der Waals surface area contributed by atoms with E-state index in [9.17, 15) is 13.2 Å². The Balaban J connectivity index is 1.66. The van der Waals surface area contributed by atoms with Crippen LogP contribution in [0.3, 0.4) is 0 Å². The maximum Gasteiger partial charge on any atom is 0.416 e. The molecule has 164 valence electrons. The van der Waals surface area contributed by atoms with Crippen molar-refractivity contribution in [2.45, 2.75) is 57.8 Å². The molecule has 1 heterocycles. The van der Waals surface area contributed by atoms with E-state index >= 15 is 0 Å². The molecule has 4 rings (SSSR count). The molecule has 0 unspecified atom stereocenters. The number of nitrogens with two attached hydrogens (primary N) is 1. The third kappa shape index (κ3) is 4.84. The van der Waals surface area contributed by atoms with Crippen molar-refractivity contribution in [2.75, 3.05) is 16.4 Å². The Morgan fingerprint density at radius 3 is 2.52 bits per heavy atom. The molecule has 0 amide bonds. The molecule has 2 aromatic carbocycles. The molecule has 1 aliphatic carbocycles. The van der Waals surface area contributed by atoms with Gasteiger partial charge in [0.15, 0.2) is 0 Å². The number of hydrogen-bond acceptors (Lipinski definition) is 5. The number of anilines is 3. The van der Waals surface area contributed by atoms with Crippen LogP contribution in [-0.4, -0.2) is 16.0 Å². The minimum absolute atomic E-state index is 0.0743. The van der Waals surface area contributed by atoms with Crippen molar-refractivity contribution < 1.29 is 13.2 Å². The van der Waals surface area contributed by atoms with Gasteiger partial charge in [-0.1, -0.05) is 12.8 Å². The molecule has 1 saturated carbocycles. The minimum Gasteiger partial charge on any atom is -0.399 e. The van der Waals surface area contributed by atoms with Gasteiger partial charge >= 0.3 is 6.18 Å². The molecule has 5 nitrogen and oxygen atoms in total. The quantitative estimate of drug-likeness (QED) is 0.430. The second kappa shape index (κ2) is 8.24. The highest BCUT2D eigenvalue weighted by Crippen LogP contribution is 2.34. The fourth-order valence-corrected chi connectivity index (χ4v) is 4.13. The van der Waals surface area contributed by atoms with Crippen LogP contribution >= 0.6 is 0 Å². The normalized spacial score (nSPS) is 15.9. The van der Waals surface area contributed by atoms with Gasteiger partial charge in [0, 0.05) is 22.8 Å². The number of alkyl halides is 3. The van der Waals surface area contributed by atoms with Crippen LogP contribution < -0.4 is 16.4 Å². The van der Waals surface area contributed by atoms with Gasteiger partial charge in [0.2, 0.25) is 0 Å². The fourth-order valence-electron chi connectivity index (χ4n) is 4.13. The van der Waals surface area contributed by atoms with Crippen molar-refractivity contribution in [3.05, 3.63) is 53.3 Å². The molecule has 0 aliphatic heterocycles. The summed E-state index contributed by atoms with van der Waals surface area (Å²) in [5.41, 5.74) is 7.26. The molecule has 8 heteroatoms. The number of aryl methyl sites for hydroxylation is 1. The molecular formula is C23H26F3N5. The van der Waals surface area contributed by atoms with Gasteiger partial charge in [-0.25, -0.2) is 9.97 Å². The third-order valence-electron chi connectivity index (χ3n) is 5.69. The molecule has 0 radical (unpaired) electrons. The average Bonchev–Trinajstić information content (AvgIpc) is 3.20. The van der Waals surface area contributed by atoms with Crippen molar-refractivity contribution in [1.82, 2.24) is 9.97 Å². The summed E-state index contributed by atoms with van der Waals surface area (Å²) < 4.78 is 39.6. The molecule has 4 N–H and O–H groups in total. The lowest BCUT2D eigenvalue weighted by Gasteiger charge is -2.20. The highest BCUT2D eigenvalue weighted by Gasteiger charge is 2.31. The molecule has 1 aromatic heterocycles. The molecule has 0 spiro atoms. The van der Waals surface area contributed by atoms with Crippen LogP contribution in [0.4, 0.5) is 30.4 Å². The van der Waals surface area contributed by atoms with E-state index in [1.54, 1.807) is 19.9 Å². The summed E-state index contributed by atoms with van der Waals surface area (Å²) in [4.78, 5) is 9.03. The number of nitrogen functional groups attached to an aromatic ring is 1. The number of aromatic nitrogens is 2. The molecule has 3 aromatic rings. The first-order valence-corrected chi connectivity index (χ1v) is 10.5. The van der Waals surface area contributed by atoms with E-state index < -0.39 is 17.8 Å². The SMILES string of the molecule is Cc1nc(N[C@H](C)c2cc(N)cc(C(F)(F)F)c2)c2cc(NC3CCCC3)ccc2n1. The van der Waals surface area contributed by atoms with Gasteiger partial charge in [-0.15, -0.1) is 0 Å². The predicted molar refractivity (Wildman–Crippen MR) is 118 cm³/mol. The summed E-state index contributed by atoms with van der Waals surface area (Å²) in [5, 5.41) is 7.65. The highest BCUT2D eigenvalue weighted by molar-refractivity contribution is 5.91. The molecule has 31 heavy (non-hydrogen) atoms. The Hall–Kier alpha value is -3.03. The van der Waals surface area contributed by atoms with E-state index in [4.69, 9.17) is 5.73 Å². The zero-order chi connectivity index (χ0) is 22.2. The van der Waals surface area contributed by atoms with Crippen molar-refractivity contribution >= 4 is 28.1 Å². The van der Waals surface area contributed by atoms with E-state index in [1.807, 2.05) is 18.2 Å². The summed E-state index contributed by atoms with van der Waals surface area (Å²) in [6, 6.07) is 9.60. The molecule has 1 fully saturated rings. The van der Waals surface area contributed by atoms with Crippen LogP contribution in [0.25, 0.3) is 10.9 Å². The summed E-state index contributed by atoms with van der Waals surface area (Å²) >= 11 is 0. The zero-order valence-corrected chi connectivity index (χ0v) is 17.6. The van der Waals surface area contributed by atoms with Crippen LogP contribution in [0.5, 0.6) is 0 Å². The lowest BCUT2D eigenvalue weighted by Crippen LogP contribution is -2.15. The van der Waals surface area contributed by atoms with Gasteiger partial charge in [-0.2, -0.15) is 13.2 Å². The largest absolute Gasteiger partial charge is 0.416 e. The minimum atomic E-state index is -4.46. The smallest absolute Gasteiger partial charge is 0.399 e. The van der Waals surface area contributed by atoms with Crippen molar-refractivity contribution in [3.63, 3.8) is 0 Å². The summed E-state index contributed by atoms with van der Waals surface area (Å²) in [6.07, 6.45) is 0.321. The first kappa shape index (κ1) is 21.2. The van der Waals surface area contributed by atoms with Gasteiger partial charge in [-0.05, 0) is 68.7 Å². The van der Waals surface area contributed by atoms with Crippen molar-refractivity contribution in [2.24, 2.45) is 0 Å². The number of benzene rings is 2. The van der Waals surface area contributed by atoms with Crippen LogP contribution in [0, 0.1) is 6.92 Å². The van der Waals surface area contributed by atoms with E-state index in [0.29, 0.717) is 23.2 Å². The second-order valence-corrected chi connectivity index (χ2v) is 8.23. The van der Waals surface area contributed by atoms with Crippen LogP contribution in [0.1, 0.15) is 55.6 Å². The van der Waals surface area contributed by atoms with Gasteiger partial charge in [0.25, 0.3) is 0 Å². The molecular weight excluding hydrogens is 403 g/mol. The van der Waals surface area contributed by atoms with Gasteiger partial charge in [0.1, 0.15) is 11.6 Å². The summed E-state index contributed by atoms with van der Waals surface area (Å²) in [5.74, 6) is 1.17. The second-order valence-electron chi connectivity index (χ2n) is 8.23. The van der Waals surface area contributed by atoms with Crippen molar-refractivity contribution in [3.8, 4) is 0 Å². The average molecular weight is 429 g/mol. The Morgan fingerprint density at radius 2 is 1.81 bits per heavy atom. The fraction of sp³-hybridized carbons (Fsp3) is 0.391. The standard InChI is InChI=1S/C23H26F3N5/c1-13(15-9-16(23(24,25)26)11-17(27)10-15)28-22-20-12-19(31-18-5-3-4-6-18)7-8-21(20)29-14(2)30-22/h7-13,18,31H,3-6,27H2,1-2H3,(H,28,29,30)/t13-/m1/s1. The number of nitrogens with zero attached hydrogens (tertiary/aromatic N) is 2. The first-order chi connectivity index (χ1) is 14.7. The predicted octanol–water partition coefficient (Wildman–Crippen LogP) is 6.07. The van der Waals surface area contributed by atoms with E-state index in [-0.39, 0.29) is 5.69 Å². The lowest BCUT2D eigenvalue weighted by atomic mass is 10.0. The maximum absolute atomic E-state index is 13.2. The zero-order valence-electron chi connectivity index (χ0n) is 17.6. The maximum atomic E-state index is 13.2. The van der Waals surface area contributed by atoms with Crippen molar-refractivity contribution in [1.29, 1.82) is 0 Å². The van der Waals surface area contributed by atoms with Crippen LogP contribution in [-0.2, 0) is 6.18 Å². The Bertz CT molecular complexity index is 1090. The number of nitrogens with one attached hydrogen (secondary N) is 2. The molecule has 0 bridgehead atoms. The topological polar surface area (TPSA) is 75.9 Å². The monoisotopic (exact) mass is 429 g/mol.